The third-order valence-electron chi connectivity index (χ3n) is 2.62. The highest BCUT2D eigenvalue weighted by molar-refractivity contribution is 6.32. The van der Waals surface area contributed by atoms with Gasteiger partial charge in [-0.25, -0.2) is 0 Å². The van der Waals surface area contributed by atoms with Crippen LogP contribution >= 0.6 is 11.6 Å². The van der Waals surface area contributed by atoms with E-state index in [1.807, 2.05) is 12.1 Å². The van der Waals surface area contributed by atoms with Gasteiger partial charge in [-0.2, -0.15) is 0 Å². The Kier molecular flexibility index (Phi) is 4.82. The topological polar surface area (TPSA) is 46.5 Å². The van der Waals surface area contributed by atoms with Crippen molar-refractivity contribution >= 4 is 17.6 Å². The van der Waals surface area contributed by atoms with E-state index in [9.17, 15) is 4.79 Å². The van der Waals surface area contributed by atoms with Crippen LogP contribution in [-0.2, 0) is 11.2 Å². The number of carboxylic acid groups (broad SMARTS) is 1. The van der Waals surface area contributed by atoms with Gasteiger partial charge in [-0.3, -0.25) is 4.79 Å². The number of hydrogen-bond acceptors (Lipinski definition) is 2. The van der Waals surface area contributed by atoms with E-state index >= 15 is 0 Å². The summed E-state index contributed by atoms with van der Waals surface area (Å²) in [6.07, 6.45) is 0.507. The molecule has 0 radical (unpaired) electrons. The number of ether oxygens (including phenoxy) is 1. The maximum Gasteiger partial charge on any atom is 0.303 e. The molecule has 0 amide bonds. The minimum absolute atomic E-state index is 0.0776. The largest absolute Gasteiger partial charge is 0.495 e. The summed E-state index contributed by atoms with van der Waals surface area (Å²) in [5, 5.41) is 9.25. The molecule has 0 bridgehead atoms. The fraction of sp³-hybridized carbons (Fsp3) is 0.462. The van der Waals surface area contributed by atoms with Crippen LogP contribution in [0, 0.1) is 0 Å². The molecule has 0 aliphatic heterocycles. The van der Waals surface area contributed by atoms with Gasteiger partial charge in [-0.05, 0) is 29.5 Å². The highest BCUT2D eigenvalue weighted by atomic mass is 35.5. The maximum atomic E-state index is 10.6. The quantitative estimate of drug-likeness (QED) is 0.877. The molecular weight excluding hydrogens is 240 g/mol. The molecule has 0 fully saturated rings. The van der Waals surface area contributed by atoms with Gasteiger partial charge in [0.2, 0.25) is 0 Å². The van der Waals surface area contributed by atoms with Crippen molar-refractivity contribution in [1.82, 2.24) is 0 Å². The van der Waals surface area contributed by atoms with Crippen LogP contribution in [0.15, 0.2) is 12.1 Å². The van der Waals surface area contributed by atoms with Gasteiger partial charge in [-0.1, -0.05) is 31.5 Å². The van der Waals surface area contributed by atoms with Gasteiger partial charge in [0, 0.05) is 6.42 Å². The zero-order valence-electron chi connectivity index (χ0n) is 10.3. The van der Waals surface area contributed by atoms with Gasteiger partial charge in [0.1, 0.15) is 5.75 Å². The molecule has 3 nitrogen and oxygen atoms in total. The SMILES string of the molecule is COc1c(Cl)cc(C(C)C)cc1CCC(=O)O. The number of methoxy groups -OCH3 is 1. The molecule has 0 saturated heterocycles. The number of benzene rings is 1. The van der Waals surface area contributed by atoms with Crippen molar-refractivity contribution < 1.29 is 14.6 Å². The number of aliphatic carboxylic acids is 1. The fourth-order valence-corrected chi connectivity index (χ4v) is 1.99. The van der Waals surface area contributed by atoms with Crippen molar-refractivity contribution in [2.75, 3.05) is 7.11 Å². The van der Waals surface area contributed by atoms with E-state index in [0.717, 1.165) is 11.1 Å². The van der Waals surface area contributed by atoms with Crippen LogP contribution in [0.3, 0.4) is 0 Å². The Morgan fingerprint density at radius 3 is 2.59 bits per heavy atom. The van der Waals surface area contributed by atoms with E-state index in [1.165, 1.54) is 0 Å². The molecule has 1 aromatic carbocycles. The van der Waals surface area contributed by atoms with E-state index in [-0.39, 0.29) is 6.42 Å². The molecule has 1 aromatic rings. The van der Waals surface area contributed by atoms with Crippen molar-refractivity contribution in [3.8, 4) is 5.75 Å². The number of hydrogen-bond donors (Lipinski definition) is 1. The van der Waals surface area contributed by atoms with Crippen LogP contribution in [0.4, 0.5) is 0 Å². The lowest BCUT2D eigenvalue weighted by molar-refractivity contribution is -0.136. The van der Waals surface area contributed by atoms with Crippen LogP contribution in [0.25, 0.3) is 0 Å². The standard InChI is InChI=1S/C13H17ClO3/c1-8(2)10-6-9(4-5-12(15)16)13(17-3)11(14)7-10/h6-8H,4-5H2,1-3H3,(H,15,16). The molecule has 0 aliphatic rings. The van der Waals surface area contributed by atoms with Crippen molar-refractivity contribution in [3.63, 3.8) is 0 Å². The number of carboxylic acids is 1. The summed E-state index contributed by atoms with van der Waals surface area (Å²) >= 11 is 6.12. The molecule has 0 aromatic heterocycles. The van der Waals surface area contributed by atoms with E-state index in [1.54, 1.807) is 7.11 Å². The Bertz CT molecular complexity index is 413. The zero-order chi connectivity index (χ0) is 13.0. The van der Waals surface area contributed by atoms with Gasteiger partial charge in [0.25, 0.3) is 0 Å². The van der Waals surface area contributed by atoms with Crippen LogP contribution in [0.1, 0.15) is 37.3 Å². The predicted octanol–water partition coefficient (Wildman–Crippen LogP) is 3.49. The molecule has 17 heavy (non-hydrogen) atoms. The van der Waals surface area contributed by atoms with Crippen LogP contribution in [0.2, 0.25) is 5.02 Å². The Hall–Kier alpha value is -1.22. The minimum atomic E-state index is -0.821. The lowest BCUT2D eigenvalue weighted by atomic mass is 9.98. The van der Waals surface area contributed by atoms with Crippen molar-refractivity contribution in [2.24, 2.45) is 0 Å². The summed E-state index contributed by atoms with van der Waals surface area (Å²) in [7, 11) is 1.54. The third kappa shape index (κ3) is 3.63. The molecular formula is C13H17ClO3. The smallest absolute Gasteiger partial charge is 0.303 e. The summed E-state index contributed by atoms with van der Waals surface area (Å²) in [4.78, 5) is 10.6. The summed E-state index contributed by atoms with van der Waals surface area (Å²) in [6, 6.07) is 3.84. The summed E-state index contributed by atoms with van der Waals surface area (Å²) in [5.74, 6) is 0.109. The summed E-state index contributed by atoms with van der Waals surface area (Å²) < 4.78 is 5.22. The van der Waals surface area contributed by atoms with Crippen molar-refractivity contribution in [1.29, 1.82) is 0 Å². The molecule has 1 N–H and O–H groups in total. The van der Waals surface area contributed by atoms with Crippen LogP contribution in [-0.4, -0.2) is 18.2 Å². The monoisotopic (exact) mass is 256 g/mol. The first-order chi connectivity index (χ1) is 7.95. The second-order valence-corrected chi connectivity index (χ2v) is 4.65. The molecule has 0 atom stereocenters. The second-order valence-electron chi connectivity index (χ2n) is 4.24. The second kappa shape index (κ2) is 5.92. The number of carbonyl (C=O) groups is 1. The molecule has 0 saturated carbocycles. The Morgan fingerprint density at radius 2 is 2.12 bits per heavy atom. The van der Waals surface area contributed by atoms with E-state index in [4.69, 9.17) is 21.4 Å². The highest BCUT2D eigenvalue weighted by Crippen LogP contribution is 2.33. The third-order valence-corrected chi connectivity index (χ3v) is 2.90. The van der Waals surface area contributed by atoms with E-state index < -0.39 is 5.97 Å². The first-order valence-electron chi connectivity index (χ1n) is 5.53. The molecule has 94 valence electrons. The average Bonchev–Trinajstić information content (AvgIpc) is 2.25. The van der Waals surface area contributed by atoms with Crippen LogP contribution < -0.4 is 4.74 Å². The fourth-order valence-electron chi connectivity index (χ4n) is 1.66. The van der Waals surface area contributed by atoms with E-state index in [0.29, 0.717) is 23.1 Å². The first kappa shape index (κ1) is 13.8. The number of halogens is 1. The van der Waals surface area contributed by atoms with Gasteiger partial charge in [-0.15, -0.1) is 0 Å². The zero-order valence-corrected chi connectivity index (χ0v) is 11.0. The van der Waals surface area contributed by atoms with E-state index in [2.05, 4.69) is 13.8 Å². The van der Waals surface area contributed by atoms with Gasteiger partial charge < -0.3 is 9.84 Å². The lowest BCUT2D eigenvalue weighted by Gasteiger charge is -2.14. The number of rotatable bonds is 5. The molecule has 0 heterocycles. The van der Waals surface area contributed by atoms with Gasteiger partial charge in [0.15, 0.2) is 0 Å². The molecule has 1 rings (SSSR count). The molecule has 0 spiro atoms. The van der Waals surface area contributed by atoms with Crippen molar-refractivity contribution in [3.05, 3.63) is 28.3 Å². The highest BCUT2D eigenvalue weighted by Gasteiger charge is 2.13. The van der Waals surface area contributed by atoms with Gasteiger partial charge in [0.05, 0.1) is 12.1 Å². The number of aryl methyl sites for hydroxylation is 1. The summed E-state index contributed by atoms with van der Waals surface area (Å²) in [6.45, 7) is 4.14. The summed E-state index contributed by atoms with van der Waals surface area (Å²) in [5.41, 5.74) is 1.95. The Labute approximate surface area is 106 Å². The first-order valence-corrected chi connectivity index (χ1v) is 5.91. The Balaban J connectivity index is 3.09. The predicted molar refractivity (Wildman–Crippen MR) is 68.0 cm³/mol. The maximum absolute atomic E-state index is 10.6. The molecule has 0 unspecified atom stereocenters. The lowest BCUT2D eigenvalue weighted by Crippen LogP contribution is -2.01. The van der Waals surface area contributed by atoms with Gasteiger partial charge >= 0.3 is 5.97 Å². The van der Waals surface area contributed by atoms with Crippen molar-refractivity contribution in [2.45, 2.75) is 32.6 Å². The molecule has 0 aliphatic carbocycles. The van der Waals surface area contributed by atoms with Crippen LogP contribution in [0.5, 0.6) is 5.75 Å². The minimum Gasteiger partial charge on any atom is -0.495 e. The molecule has 4 heteroatoms. The Morgan fingerprint density at radius 1 is 1.47 bits per heavy atom. The average molecular weight is 257 g/mol. The normalized spacial score (nSPS) is 10.6.